The Morgan fingerprint density at radius 1 is 1.45 bits per heavy atom. The molecular formula is C7H6ClN3. The largest absolute Gasteiger partial charge is 0.274 e. The standard InChI is InChI=1S/C7H6ClN3/c1-5-4-10-7(8)11-3-2-9-6(5)11/h2-4H,1H3. The van der Waals surface area contributed by atoms with Crippen LogP contribution in [0.1, 0.15) is 5.56 Å². The molecule has 0 aliphatic rings. The minimum atomic E-state index is 0.447. The summed E-state index contributed by atoms with van der Waals surface area (Å²) in [6.45, 7) is 1.95. The van der Waals surface area contributed by atoms with E-state index in [0.717, 1.165) is 11.2 Å². The molecule has 0 radical (unpaired) electrons. The van der Waals surface area contributed by atoms with Crippen molar-refractivity contribution in [1.82, 2.24) is 14.4 Å². The fourth-order valence-corrected chi connectivity index (χ4v) is 1.20. The predicted molar refractivity (Wildman–Crippen MR) is 42.7 cm³/mol. The Morgan fingerprint density at radius 3 is 3.00 bits per heavy atom. The molecule has 56 valence electrons. The second kappa shape index (κ2) is 2.20. The van der Waals surface area contributed by atoms with Gasteiger partial charge in [-0.1, -0.05) is 0 Å². The van der Waals surface area contributed by atoms with Gasteiger partial charge in [-0.25, -0.2) is 9.97 Å². The lowest BCUT2D eigenvalue weighted by molar-refractivity contribution is 1.07. The highest BCUT2D eigenvalue weighted by molar-refractivity contribution is 6.28. The molecule has 0 unspecified atom stereocenters. The first-order valence-corrected chi connectivity index (χ1v) is 3.61. The van der Waals surface area contributed by atoms with Gasteiger partial charge in [-0.05, 0) is 18.5 Å². The number of halogens is 1. The lowest BCUT2D eigenvalue weighted by Gasteiger charge is -1.97. The van der Waals surface area contributed by atoms with Gasteiger partial charge in [-0.3, -0.25) is 4.40 Å². The van der Waals surface area contributed by atoms with Crippen molar-refractivity contribution < 1.29 is 0 Å². The molecule has 0 aromatic carbocycles. The van der Waals surface area contributed by atoms with E-state index in [1.807, 2.05) is 6.92 Å². The maximum atomic E-state index is 5.78. The second-order valence-corrected chi connectivity index (χ2v) is 2.67. The van der Waals surface area contributed by atoms with E-state index in [-0.39, 0.29) is 0 Å². The Morgan fingerprint density at radius 2 is 2.27 bits per heavy atom. The number of aromatic nitrogens is 3. The molecule has 0 fully saturated rings. The van der Waals surface area contributed by atoms with Gasteiger partial charge in [-0.2, -0.15) is 0 Å². The fraction of sp³-hybridized carbons (Fsp3) is 0.143. The molecule has 0 spiro atoms. The molecule has 0 bridgehead atoms. The van der Waals surface area contributed by atoms with E-state index in [1.54, 1.807) is 23.0 Å². The van der Waals surface area contributed by atoms with Gasteiger partial charge in [0.05, 0.1) is 0 Å². The maximum absolute atomic E-state index is 5.78. The molecule has 0 atom stereocenters. The van der Waals surface area contributed by atoms with Crippen LogP contribution < -0.4 is 0 Å². The number of imidazole rings is 1. The normalized spacial score (nSPS) is 10.7. The molecule has 2 rings (SSSR count). The van der Waals surface area contributed by atoms with E-state index in [2.05, 4.69) is 9.97 Å². The minimum absolute atomic E-state index is 0.447. The third-order valence-electron chi connectivity index (χ3n) is 1.56. The molecule has 2 aromatic heterocycles. The summed E-state index contributed by atoms with van der Waals surface area (Å²) in [4.78, 5) is 8.09. The van der Waals surface area contributed by atoms with Gasteiger partial charge in [0.1, 0.15) is 5.65 Å². The van der Waals surface area contributed by atoms with Crippen molar-refractivity contribution in [2.24, 2.45) is 0 Å². The topological polar surface area (TPSA) is 30.2 Å². The number of nitrogens with zero attached hydrogens (tertiary/aromatic N) is 3. The summed E-state index contributed by atoms with van der Waals surface area (Å²) in [6.07, 6.45) is 5.21. The molecule has 2 aromatic rings. The third-order valence-corrected chi connectivity index (χ3v) is 1.84. The van der Waals surface area contributed by atoms with E-state index in [0.29, 0.717) is 5.28 Å². The lowest BCUT2D eigenvalue weighted by atomic mass is 10.4. The first-order chi connectivity index (χ1) is 5.29. The minimum Gasteiger partial charge on any atom is -0.274 e. The summed E-state index contributed by atoms with van der Waals surface area (Å²) in [5, 5.41) is 0.447. The number of hydrogen-bond acceptors (Lipinski definition) is 2. The van der Waals surface area contributed by atoms with Gasteiger partial charge in [-0.15, -0.1) is 0 Å². The first kappa shape index (κ1) is 6.61. The van der Waals surface area contributed by atoms with E-state index in [1.165, 1.54) is 0 Å². The lowest BCUT2D eigenvalue weighted by Crippen LogP contribution is -1.91. The fourth-order valence-electron chi connectivity index (χ4n) is 1.01. The molecule has 0 aliphatic heterocycles. The Labute approximate surface area is 68.7 Å². The van der Waals surface area contributed by atoms with Crippen molar-refractivity contribution >= 4 is 17.2 Å². The highest BCUT2D eigenvalue weighted by Gasteiger charge is 2.01. The van der Waals surface area contributed by atoms with E-state index in [4.69, 9.17) is 11.6 Å². The Kier molecular flexibility index (Phi) is 1.32. The van der Waals surface area contributed by atoms with Crippen molar-refractivity contribution in [2.45, 2.75) is 6.92 Å². The zero-order chi connectivity index (χ0) is 7.84. The van der Waals surface area contributed by atoms with Crippen LogP contribution in [0.15, 0.2) is 18.6 Å². The van der Waals surface area contributed by atoms with Crippen molar-refractivity contribution in [3.63, 3.8) is 0 Å². The number of hydrogen-bond donors (Lipinski definition) is 0. The molecule has 0 saturated heterocycles. The molecule has 0 amide bonds. The Bertz CT molecular complexity index is 357. The Balaban J connectivity index is 2.96. The monoisotopic (exact) mass is 167 g/mol. The van der Waals surface area contributed by atoms with Crippen LogP contribution in [0.25, 0.3) is 5.65 Å². The van der Waals surface area contributed by atoms with Crippen molar-refractivity contribution in [3.05, 3.63) is 29.4 Å². The van der Waals surface area contributed by atoms with Gasteiger partial charge in [0.2, 0.25) is 5.28 Å². The summed E-state index contributed by atoms with van der Waals surface area (Å²) >= 11 is 5.78. The average molecular weight is 168 g/mol. The van der Waals surface area contributed by atoms with Gasteiger partial charge in [0.25, 0.3) is 0 Å². The number of fused-ring (bicyclic) bond motifs is 1. The molecule has 11 heavy (non-hydrogen) atoms. The average Bonchev–Trinajstić information content (AvgIpc) is 2.45. The van der Waals surface area contributed by atoms with Crippen LogP contribution in [0, 0.1) is 6.92 Å². The Hall–Kier alpha value is -1.09. The molecule has 3 nitrogen and oxygen atoms in total. The second-order valence-electron chi connectivity index (χ2n) is 2.33. The van der Waals surface area contributed by atoms with Crippen LogP contribution >= 0.6 is 11.6 Å². The van der Waals surface area contributed by atoms with Crippen molar-refractivity contribution in [3.8, 4) is 0 Å². The van der Waals surface area contributed by atoms with E-state index in [9.17, 15) is 0 Å². The molecule has 4 heteroatoms. The summed E-state index contributed by atoms with van der Waals surface area (Å²) in [6, 6.07) is 0. The summed E-state index contributed by atoms with van der Waals surface area (Å²) in [5.41, 5.74) is 1.89. The summed E-state index contributed by atoms with van der Waals surface area (Å²) < 4.78 is 1.75. The third kappa shape index (κ3) is 0.886. The smallest absolute Gasteiger partial charge is 0.208 e. The van der Waals surface area contributed by atoms with E-state index >= 15 is 0 Å². The SMILES string of the molecule is Cc1cnc(Cl)n2ccnc12. The van der Waals surface area contributed by atoms with Crippen LogP contribution in [-0.4, -0.2) is 14.4 Å². The van der Waals surface area contributed by atoms with Gasteiger partial charge in [0, 0.05) is 24.2 Å². The van der Waals surface area contributed by atoms with Crippen LogP contribution in [-0.2, 0) is 0 Å². The first-order valence-electron chi connectivity index (χ1n) is 3.23. The molecule has 0 N–H and O–H groups in total. The maximum Gasteiger partial charge on any atom is 0.208 e. The molecule has 2 heterocycles. The van der Waals surface area contributed by atoms with Gasteiger partial charge in [0.15, 0.2) is 0 Å². The zero-order valence-corrected chi connectivity index (χ0v) is 6.71. The summed E-state index contributed by atoms with van der Waals surface area (Å²) in [5.74, 6) is 0. The quantitative estimate of drug-likeness (QED) is 0.559. The van der Waals surface area contributed by atoms with Crippen LogP contribution in [0.2, 0.25) is 5.28 Å². The van der Waals surface area contributed by atoms with Crippen LogP contribution in [0.4, 0.5) is 0 Å². The van der Waals surface area contributed by atoms with Crippen LogP contribution in [0.3, 0.4) is 0 Å². The van der Waals surface area contributed by atoms with Gasteiger partial charge < -0.3 is 0 Å². The predicted octanol–water partition coefficient (Wildman–Crippen LogP) is 1.69. The van der Waals surface area contributed by atoms with Crippen molar-refractivity contribution in [2.75, 3.05) is 0 Å². The molecular weight excluding hydrogens is 162 g/mol. The highest BCUT2D eigenvalue weighted by Crippen LogP contribution is 2.11. The van der Waals surface area contributed by atoms with Gasteiger partial charge >= 0.3 is 0 Å². The van der Waals surface area contributed by atoms with Crippen molar-refractivity contribution in [1.29, 1.82) is 0 Å². The highest BCUT2D eigenvalue weighted by atomic mass is 35.5. The molecule has 0 aliphatic carbocycles. The number of rotatable bonds is 0. The van der Waals surface area contributed by atoms with E-state index < -0.39 is 0 Å². The molecule has 0 saturated carbocycles. The van der Waals surface area contributed by atoms with Crippen LogP contribution in [0.5, 0.6) is 0 Å². The number of aryl methyl sites for hydroxylation is 1. The zero-order valence-electron chi connectivity index (χ0n) is 5.95. The summed E-state index contributed by atoms with van der Waals surface area (Å²) in [7, 11) is 0.